The molecule has 1 saturated heterocycles. The van der Waals surface area contributed by atoms with Crippen LogP contribution in [0.3, 0.4) is 0 Å². The average Bonchev–Trinajstić information content (AvgIpc) is 2.82. The molecule has 0 aliphatic carbocycles. The summed E-state index contributed by atoms with van der Waals surface area (Å²) in [6, 6.07) is 7.89. The van der Waals surface area contributed by atoms with Gasteiger partial charge in [-0.1, -0.05) is 18.2 Å². The number of hydrogen-bond donors (Lipinski definition) is 2. The van der Waals surface area contributed by atoms with Gasteiger partial charge in [-0.3, -0.25) is 9.59 Å². The molecule has 1 aromatic carbocycles. The minimum absolute atomic E-state index is 0.0454. The second-order valence-electron chi connectivity index (χ2n) is 6.07. The fraction of sp³-hybridized carbons (Fsp3) is 0.529. The van der Waals surface area contributed by atoms with Gasteiger partial charge in [0.2, 0.25) is 11.8 Å². The molecule has 118 valence electrons. The van der Waals surface area contributed by atoms with Crippen molar-refractivity contribution in [3.8, 4) is 0 Å². The Morgan fingerprint density at radius 2 is 2.09 bits per heavy atom. The van der Waals surface area contributed by atoms with Crippen molar-refractivity contribution in [1.82, 2.24) is 10.2 Å². The lowest BCUT2D eigenvalue weighted by atomic mass is 9.89. The van der Waals surface area contributed by atoms with Crippen molar-refractivity contribution in [3.05, 3.63) is 29.8 Å². The van der Waals surface area contributed by atoms with Crippen LogP contribution in [0, 0.1) is 5.92 Å². The largest absolute Gasteiger partial charge is 0.341 e. The molecular weight excluding hydrogens is 278 g/mol. The summed E-state index contributed by atoms with van der Waals surface area (Å²) in [4.78, 5) is 26.4. The van der Waals surface area contributed by atoms with Crippen LogP contribution in [0.15, 0.2) is 24.3 Å². The zero-order valence-electron chi connectivity index (χ0n) is 12.8. The first-order chi connectivity index (χ1) is 10.7. The highest BCUT2D eigenvalue weighted by Gasteiger charge is 2.27. The molecule has 2 aliphatic rings. The van der Waals surface area contributed by atoms with E-state index in [4.69, 9.17) is 0 Å². The predicted molar refractivity (Wildman–Crippen MR) is 85.6 cm³/mol. The molecule has 0 aromatic heterocycles. The lowest BCUT2D eigenvalue weighted by molar-refractivity contribution is -0.131. The van der Waals surface area contributed by atoms with Crippen molar-refractivity contribution in [1.29, 1.82) is 0 Å². The number of carbonyl (C=O) groups is 2. The molecule has 2 heterocycles. The molecule has 0 radical (unpaired) electrons. The Bertz CT molecular complexity index is 551. The molecule has 0 spiro atoms. The Balaban J connectivity index is 1.55. The Kier molecular flexibility index (Phi) is 4.73. The van der Waals surface area contributed by atoms with E-state index in [2.05, 4.69) is 10.6 Å². The number of hydrogen-bond acceptors (Lipinski definition) is 3. The number of amides is 2. The topological polar surface area (TPSA) is 61.4 Å². The van der Waals surface area contributed by atoms with Crippen molar-refractivity contribution in [2.75, 3.05) is 31.5 Å². The van der Waals surface area contributed by atoms with Crippen LogP contribution in [0.1, 0.15) is 24.8 Å². The van der Waals surface area contributed by atoms with E-state index in [1.54, 1.807) is 0 Å². The molecule has 22 heavy (non-hydrogen) atoms. The number of nitrogens with zero attached hydrogens (tertiary/aromatic N) is 1. The van der Waals surface area contributed by atoms with E-state index < -0.39 is 0 Å². The third-order valence-corrected chi connectivity index (χ3v) is 4.51. The number of carbonyl (C=O) groups excluding carboxylic acids is 2. The molecule has 0 saturated carbocycles. The quantitative estimate of drug-likeness (QED) is 0.887. The third kappa shape index (κ3) is 3.47. The van der Waals surface area contributed by atoms with Crippen molar-refractivity contribution in [2.45, 2.75) is 25.7 Å². The summed E-state index contributed by atoms with van der Waals surface area (Å²) >= 11 is 0. The molecule has 1 atom stereocenters. The van der Waals surface area contributed by atoms with Crippen LogP contribution in [0.5, 0.6) is 0 Å². The highest BCUT2D eigenvalue weighted by molar-refractivity contribution is 5.96. The van der Waals surface area contributed by atoms with E-state index in [1.807, 2.05) is 29.2 Å². The second kappa shape index (κ2) is 6.92. The van der Waals surface area contributed by atoms with E-state index in [0.29, 0.717) is 12.8 Å². The minimum Gasteiger partial charge on any atom is -0.341 e. The summed E-state index contributed by atoms with van der Waals surface area (Å²) in [5.74, 6) is 0.128. The van der Waals surface area contributed by atoms with Gasteiger partial charge in [0.25, 0.3) is 0 Å². The number of para-hydroxylation sites is 1. The Labute approximate surface area is 131 Å². The van der Waals surface area contributed by atoms with E-state index in [9.17, 15) is 9.59 Å². The van der Waals surface area contributed by atoms with E-state index in [-0.39, 0.29) is 17.7 Å². The molecule has 3 rings (SSSR count). The van der Waals surface area contributed by atoms with Crippen LogP contribution in [-0.2, 0) is 16.0 Å². The standard InChI is InChI=1S/C17H23N3O2/c21-16(20-10-3-8-18-9-11-20)7-6-14-12-13-4-1-2-5-15(13)19-17(14)22/h1-2,4-5,14,18H,3,6-12H2,(H,19,22). The smallest absolute Gasteiger partial charge is 0.227 e. The molecule has 5 nitrogen and oxygen atoms in total. The molecule has 0 bridgehead atoms. The van der Waals surface area contributed by atoms with Crippen molar-refractivity contribution in [3.63, 3.8) is 0 Å². The number of benzene rings is 1. The van der Waals surface area contributed by atoms with Gasteiger partial charge < -0.3 is 15.5 Å². The maximum Gasteiger partial charge on any atom is 0.227 e. The predicted octanol–water partition coefficient (Wildman–Crippen LogP) is 1.40. The first-order valence-corrected chi connectivity index (χ1v) is 8.11. The van der Waals surface area contributed by atoms with Crippen LogP contribution in [0.4, 0.5) is 5.69 Å². The molecule has 1 aromatic rings. The van der Waals surface area contributed by atoms with Crippen LogP contribution in [-0.4, -0.2) is 42.9 Å². The van der Waals surface area contributed by atoms with Gasteiger partial charge in [-0.15, -0.1) is 0 Å². The Hall–Kier alpha value is -1.88. The summed E-state index contributed by atoms with van der Waals surface area (Å²) in [5, 5.41) is 6.25. The summed E-state index contributed by atoms with van der Waals surface area (Å²) in [6.45, 7) is 3.44. The van der Waals surface area contributed by atoms with Gasteiger partial charge in [-0.25, -0.2) is 0 Å². The number of fused-ring (bicyclic) bond motifs is 1. The van der Waals surface area contributed by atoms with Crippen molar-refractivity contribution < 1.29 is 9.59 Å². The van der Waals surface area contributed by atoms with Gasteiger partial charge in [0.05, 0.1) is 0 Å². The van der Waals surface area contributed by atoms with Gasteiger partial charge in [0.15, 0.2) is 0 Å². The van der Waals surface area contributed by atoms with Gasteiger partial charge in [-0.2, -0.15) is 0 Å². The van der Waals surface area contributed by atoms with Crippen molar-refractivity contribution >= 4 is 17.5 Å². The highest BCUT2D eigenvalue weighted by atomic mass is 16.2. The van der Waals surface area contributed by atoms with Crippen LogP contribution >= 0.6 is 0 Å². The number of rotatable bonds is 3. The van der Waals surface area contributed by atoms with E-state index >= 15 is 0 Å². The maximum absolute atomic E-state index is 12.3. The highest BCUT2D eigenvalue weighted by Crippen LogP contribution is 2.27. The molecule has 5 heteroatoms. The zero-order valence-corrected chi connectivity index (χ0v) is 12.8. The SMILES string of the molecule is O=C1Nc2ccccc2CC1CCC(=O)N1CCCNCC1. The van der Waals surface area contributed by atoms with Gasteiger partial charge in [-0.05, 0) is 37.4 Å². The van der Waals surface area contributed by atoms with Gasteiger partial charge >= 0.3 is 0 Å². The summed E-state index contributed by atoms with van der Waals surface area (Å²) in [7, 11) is 0. The second-order valence-corrected chi connectivity index (χ2v) is 6.07. The Morgan fingerprint density at radius 1 is 1.23 bits per heavy atom. The third-order valence-electron chi connectivity index (χ3n) is 4.51. The maximum atomic E-state index is 12.3. The first kappa shape index (κ1) is 15.0. The lowest BCUT2D eigenvalue weighted by Gasteiger charge is -2.25. The summed E-state index contributed by atoms with van der Waals surface area (Å²) in [6.07, 6.45) is 2.82. The Morgan fingerprint density at radius 3 is 3.00 bits per heavy atom. The number of anilines is 1. The number of nitrogens with one attached hydrogen (secondary N) is 2. The van der Waals surface area contributed by atoms with Gasteiger partial charge in [0, 0.05) is 37.7 Å². The van der Waals surface area contributed by atoms with Crippen molar-refractivity contribution in [2.24, 2.45) is 5.92 Å². The molecule has 1 unspecified atom stereocenters. The molecular formula is C17H23N3O2. The molecule has 2 amide bonds. The summed E-state index contributed by atoms with van der Waals surface area (Å²) in [5.41, 5.74) is 2.08. The van der Waals surface area contributed by atoms with Gasteiger partial charge in [0.1, 0.15) is 0 Å². The molecule has 1 fully saturated rings. The molecule has 2 N–H and O–H groups in total. The lowest BCUT2D eigenvalue weighted by Crippen LogP contribution is -2.35. The normalized spacial score (nSPS) is 21.7. The van der Waals surface area contributed by atoms with Crippen LogP contribution < -0.4 is 10.6 Å². The van der Waals surface area contributed by atoms with Crippen LogP contribution in [0.2, 0.25) is 0 Å². The zero-order chi connectivity index (χ0) is 15.4. The first-order valence-electron chi connectivity index (χ1n) is 8.11. The van der Waals surface area contributed by atoms with E-state index in [0.717, 1.165) is 44.7 Å². The summed E-state index contributed by atoms with van der Waals surface area (Å²) < 4.78 is 0. The molecule has 2 aliphatic heterocycles. The average molecular weight is 301 g/mol. The minimum atomic E-state index is -0.0936. The fourth-order valence-electron chi connectivity index (χ4n) is 3.20. The van der Waals surface area contributed by atoms with Crippen LogP contribution in [0.25, 0.3) is 0 Å². The monoisotopic (exact) mass is 301 g/mol. The fourth-order valence-corrected chi connectivity index (χ4v) is 3.20. The van der Waals surface area contributed by atoms with E-state index in [1.165, 1.54) is 5.56 Å².